The zero-order valence-electron chi connectivity index (χ0n) is 51.4. The molecule has 1 atom stereocenters. The number of ether oxygens (including phenoxy) is 3. The van der Waals surface area contributed by atoms with Crippen molar-refractivity contribution >= 4 is 17.9 Å². The Morgan fingerprint density at radius 2 is 0.500 bits per heavy atom. The summed E-state index contributed by atoms with van der Waals surface area (Å²) in [6.07, 6.45) is 88.6. The minimum atomic E-state index is -0.794. The summed E-state index contributed by atoms with van der Waals surface area (Å²) in [6.45, 7) is 6.49. The molecule has 0 aromatic heterocycles. The molecular formula is C72H124O6. The van der Waals surface area contributed by atoms with Crippen LogP contribution in [0, 0.1) is 0 Å². The van der Waals surface area contributed by atoms with Crippen LogP contribution in [0.5, 0.6) is 0 Å². The molecule has 0 fully saturated rings. The van der Waals surface area contributed by atoms with Crippen LogP contribution in [-0.4, -0.2) is 37.2 Å². The molecule has 0 radical (unpaired) electrons. The van der Waals surface area contributed by atoms with E-state index in [0.29, 0.717) is 19.3 Å². The van der Waals surface area contributed by atoms with Crippen LogP contribution in [0.4, 0.5) is 0 Å². The van der Waals surface area contributed by atoms with Gasteiger partial charge in [-0.2, -0.15) is 0 Å². The Balaban J connectivity index is 4.21. The van der Waals surface area contributed by atoms with Crippen molar-refractivity contribution < 1.29 is 28.6 Å². The summed E-state index contributed by atoms with van der Waals surface area (Å²) in [7, 11) is 0. The third-order valence-electron chi connectivity index (χ3n) is 14.3. The van der Waals surface area contributed by atoms with E-state index >= 15 is 0 Å². The molecule has 78 heavy (non-hydrogen) atoms. The fourth-order valence-electron chi connectivity index (χ4n) is 9.32. The first-order valence-corrected chi connectivity index (χ1v) is 33.2. The van der Waals surface area contributed by atoms with E-state index in [9.17, 15) is 14.4 Å². The average Bonchev–Trinajstić information content (AvgIpc) is 3.44. The summed E-state index contributed by atoms with van der Waals surface area (Å²) in [5.74, 6) is -0.913. The van der Waals surface area contributed by atoms with Gasteiger partial charge in [0.15, 0.2) is 6.10 Å². The van der Waals surface area contributed by atoms with Crippen molar-refractivity contribution in [1.29, 1.82) is 0 Å². The van der Waals surface area contributed by atoms with Crippen LogP contribution in [-0.2, 0) is 28.6 Å². The SMILES string of the molecule is CC/C=C\C/C=C\C/C=C\C/C=C\CCCCCCC(=O)OC(COC(=O)CCCCCCC/C=C\CCCCC)COC(=O)CCCCCCCCCCCCCCCCCC/C=C\C/C=C\C/C=C\CCCCCCC. The van der Waals surface area contributed by atoms with Crippen molar-refractivity contribution in [2.75, 3.05) is 13.2 Å². The van der Waals surface area contributed by atoms with Crippen LogP contribution in [0.1, 0.15) is 323 Å². The van der Waals surface area contributed by atoms with E-state index in [-0.39, 0.29) is 31.1 Å². The maximum absolute atomic E-state index is 12.9. The van der Waals surface area contributed by atoms with Gasteiger partial charge in [-0.3, -0.25) is 14.4 Å². The monoisotopic (exact) mass is 1080 g/mol. The molecule has 0 rings (SSSR count). The third-order valence-corrected chi connectivity index (χ3v) is 14.3. The molecule has 0 aliphatic rings. The van der Waals surface area contributed by atoms with Gasteiger partial charge in [0.2, 0.25) is 0 Å². The molecule has 0 aromatic carbocycles. The van der Waals surface area contributed by atoms with Gasteiger partial charge in [0.05, 0.1) is 0 Å². The lowest BCUT2D eigenvalue weighted by molar-refractivity contribution is -0.167. The van der Waals surface area contributed by atoms with Gasteiger partial charge in [-0.1, -0.05) is 279 Å². The van der Waals surface area contributed by atoms with Crippen molar-refractivity contribution in [3.63, 3.8) is 0 Å². The zero-order chi connectivity index (χ0) is 56.4. The third kappa shape index (κ3) is 63.2. The fourth-order valence-corrected chi connectivity index (χ4v) is 9.32. The van der Waals surface area contributed by atoms with Gasteiger partial charge in [-0.15, -0.1) is 0 Å². The summed E-state index contributed by atoms with van der Waals surface area (Å²) in [4.78, 5) is 38.3. The number of hydrogen-bond acceptors (Lipinski definition) is 6. The Hall–Kier alpha value is -3.67. The molecule has 0 amide bonds. The van der Waals surface area contributed by atoms with Crippen LogP contribution in [0.3, 0.4) is 0 Å². The maximum Gasteiger partial charge on any atom is 0.306 e. The minimum Gasteiger partial charge on any atom is -0.462 e. The van der Waals surface area contributed by atoms with Gasteiger partial charge >= 0.3 is 17.9 Å². The number of carbonyl (C=O) groups excluding carboxylic acids is 3. The van der Waals surface area contributed by atoms with Crippen LogP contribution < -0.4 is 0 Å². The molecule has 448 valence electrons. The Kier molecular flexibility index (Phi) is 62.7. The van der Waals surface area contributed by atoms with Crippen LogP contribution >= 0.6 is 0 Å². The second kappa shape index (κ2) is 65.8. The molecule has 6 heteroatoms. The second-order valence-electron chi connectivity index (χ2n) is 22.0. The maximum atomic E-state index is 12.9. The lowest BCUT2D eigenvalue weighted by Crippen LogP contribution is -2.30. The van der Waals surface area contributed by atoms with E-state index in [1.54, 1.807) is 0 Å². The molecule has 0 aliphatic carbocycles. The lowest BCUT2D eigenvalue weighted by atomic mass is 10.0. The van der Waals surface area contributed by atoms with Crippen LogP contribution in [0.15, 0.2) is 97.2 Å². The van der Waals surface area contributed by atoms with Crippen LogP contribution in [0.2, 0.25) is 0 Å². The number of hydrogen-bond donors (Lipinski definition) is 0. The minimum absolute atomic E-state index is 0.0887. The summed E-state index contributed by atoms with van der Waals surface area (Å²) < 4.78 is 16.9. The highest BCUT2D eigenvalue weighted by Crippen LogP contribution is 2.16. The molecule has 0 aliphatic heterocycles. The van der Waals surface area contributed by atoms with Crippen molar-refractivity contribution in [1.82, 2.24) is 0 Å². The number of carbonyl (C=O) groups is 3. The van der Waals surface area contributed by atoms with Crippen molar-refractivity contribution in [2.45, 2.75) is 329 Å². The Bertz CT molecular complexity index is 1530. The highest BCUT2D eigenvalue weighted by molar-refractivity contribution is 5.71. The van der Waals surface area contributed by atoms with E-state index < -0.39 is 6.10 Å². The number of allylic oxidation sites excluding steroid dienone is 16. The van der Waals surface area contributed by atoms with E-state index in [0.717, 1.165) is 116 Å². The van der Waals surface area contributed by atoms with Gasteiger partial charge in [0.25, 0.3) is 0 Å². The molecule has 0 spiro atoms. The number of unbranched alkanes of at least 4 members (excludes halogenated alkanes) is 33. The molecule has 6 nitrogen and oxygen atoms in total. The predicted octanol–water partition coefficient (Wildman–Crippen LogP) is 22.8. The first kappa shape index (κ1) is 74.3. The number of rotatable bonds is 60. The molecular weight excluding hydrogens is 961 g/mol. The van der Waals surface area contributed by atoms with Gasteiger partial charge < -0.3 is 14.2 Å². The zero-order valence-corrected chi connectivity index (χ0v) is 51.4. The fraction of sp³-hybridized carbons (Fsp3) is 0.736. The smallest absolute Gasteiger partial charge is 0.306 e. The first-order chi connectivity index (χ1) is 38.5. The van der Waals surface area contributed by atoms with Gasteiger partial charge in [-0.05, 0) is 122 Å². The van der Waals surface area contributed by atoms with Crippen molar-refractivity contribution in [2.24, 2.45) is 0 Å². The molecule has 0 saturated heterocycles. The highest BCUT2D eigenvalue weighted by Gasteiger charge is 2.19. The Morgan fingerprint density at radius 3 is 0.821 bits per heavy atom. The molecule has 1 unspecified atom stereocenters. The molecule has 0 N–H and O–H groups in total. The standard InChI is InChI=1S/C72H124O6/c1-4-7-10-13-16-19-22-25-27-29-30-31-32-33-34-35-36-37-38-39-40-41-42-44-45-47-50-53-56-59-62-65-71(74)77-68-69(67-76-70(73)64-61-58-55-52-49-24-21-18-15-12-9-6-3)78-72(75)66-63-60-57-54-51-48-46-43-28-26-23-20-17-14-11-8-5-2/h8,11,17-18,20-22,25-26,28-30,32-33,46,48,69H,4-7,9-10,12-16,19,23-24,27,31,34-45,47,49-68H2,1-3H3/b11-8-,20-17-,21-18-,25-22-,28-26-,30-29-,33-32-,48-46-. The Labute approximate surface area is 483 Å². The van der Waals surface area contributed by atoms with Crippen LogP contribution in [0.25, 0.3) is 0 Å². The predicted molar refractivity (Wildman–Crippen MR) is 339 cm³/mol. The first-order valence-electron chi connectivity index (χ1n) is 33.2. The van der Waals surface area contributed by atoms with E-state index in [1.807, 2.05) is 0 Å². The molecule has 0 heterocycles. The quantitative estimate of drug-likeness (QED) is 0.0261. The summed E-state index contributed by atoms with van der Waals surface area (Å²) >= 11 is 0. The average molecular weight is 1090 g/mol. The number of esters is 3. The van der Waals surface area contributed by atoms with E-state index in [4.69, 9.17) is 14.2 Å². The van der Waals surface area contributed by atoms with Crippen molar-refractivity contribution in [3.05, 3.63) is 97.2 Å². The highest BCUT2D eigenvalue weighted by atomic mass is 16.6. The van der Waals surface area contributed by atoms with Crippen molar-refractivity contribution in [3.8, 4) is 0 Å². The molecule has 0 bridgehead atoms. The second-order valence-corrected chi connectivity index (χ2v) is 22.0. The molecule has 0 aromatic rings. The Morgan fingerprint density at radius 1 is 0.269 bits per heavy atom. The summed E-state index contributed by atoms with van der Waals surface area (Å²) in [6, 6.07) is 0. The van der Waals surface area contributed by atoms with Gasteiger partial charge in [0, 0.05) is 19.3 Å². The van der Waals surface area contributed by atoms with Gasteiger partial charge in [-0.25, -0.2) is 0 Å². The molecule has 0 saturated carbocycles. The largest absolute Gasteiger partial charge is 0.462 e. The summed E-state index contributed by atoms with van der Waals surface area (Å²) in [5.41, 5.74) is 0. The topological polar surface area (TPSA) is 78.9 Å². The van der Waals surface area contributed by atoms with Gasteiger partial charge in [0.1, 0.15) is 13.2 Å². The summed E-state index contributed by atoms with van der Waals surface area (Å²) in [5, 5.41) is 0. The van der Waals surface area contributed by atoms with E-state index in [1.165, 1.54) is 167 Å². The normalized spacial score (nSPS) is 12.7. The lowest BCUT2D eigenvalue weighted by Gasteiger charge is -2.18. The van der Waals surface area contributed by atoms with E-state index in [2.05, 4.69) is 118 Å².